The van der Waals surface area contributed by atoms with Crippen LogP contribution in [0.2, 0.25) is 0 Å². The quantitative estimate of drug-likeness (QED) is 0.124. The third-order valence-electron chi connectivity index (χ3n) is 6.03. The fourth-order valence-corrected chi connectivity index (χ4v) is 4.70. The lowest BCUT2D eigenvalue weighted by Crippen LogP contribution is -2.18. The Balaban J connectivity index is 1.17. The highest BCUT2D eigenvalue weighted by Crippen LogP contribution is 2.30. The molecule has 0 aliphatic rings. The molecule has 2 amide bonds. The van der Waals surface area contributed by atoms with E-state index in [1.54, 1.807) is 49.7 Å². The Morgan fingerprint density at radius 2 is 1.68 bits per heavy atom. The minimum absolute atomic E-state index is 0.215. The van der Waals surface area contributed by atoms with Crippen LogP contribution in [0.4, 0.5) is 5.69 Å². The number of nitrogens with zero attached hydrogens (tertiary/aromatic N) is 2. The topological polar surface area (TPSA) is 106 Å². The molecule has 4 aromatic carbocycles. The van der Waals surface area contributed by atoms with Crippen molar-refractivity contribution in [2.75, 3.05) is 12.4 Å². The molecule has 0 aliphatic heterocycles. The van der Waals surface area contributed by atoms with Gasteiger partial charge in [-0.2, -0.15) is 5.10 Å². The minimum atomic E-state index is -0.368. The van der Waals surface area contributed by atoms with Crippen molar-refractivity contribution in [1.82, 2.24) is 10.4 Å². The van der Waals surface area contributed by atoms with Crippen molar-refractivity contribution in [1.29, 1.82) is 0 Å². The summed E-state index contributed by atoms with van der Waals surface area (Å²) in [6.45, 7) is 1.96. The van der Waals surface area contributed by atoms with E-state index in [1.807, 2.05) is 61.5 Å². The first-order chi connectivity index (χ1) is 19.5. The van der Waals surface area contributed by atoms with E-state index in [-0.39, 0.29) is 11.8 Å². The van der Waals surface area contributed by atoms with Crippen LogP contribution in [0.3, 0.4) is 0 Å². The molecule has 5 aromatic rings. The summed E-state index contributed by atoms with van der Waals surface area (Å²) in [6.07, 6.45) is 1.57. The summed E-state index contributed by atoms with van der Waals surface area (Å²) in [5.41, 5.74) is 8.48. The van der Waals surface area contributed by atoms with Crippen LogP contribution in [0.1, 0.15) is 37.4 Å². The summed E-state index contributed by atoms with van der Waals surface area (Å²) >= 11 is 1.47. The number of benzene rings is 4. The number of aryl methyl sites for hydroxylation is 1. The average molecular weight is 551 g/mol. The molecule has 0 saturated heterocycles. The molecule has 2 N–H and O–H groups in total. The largest absolute Gasteiger partial charge is 0.496 e. The Bertz CT molecular complexity index is 1650. The highest BCUT2D eigenvalue weighted by Gasteiger charge is 2.11. The SMILES string of the molecule is COc1ccc(/C=N/NC(=O)c2ccc(NC(=O)c3ccc(C)cc3)cc2)cc1CSc1nc2ccccc2o1. The molecule has 40 heavy (non-hydrogen) atoms. The fraction of sp³-hybridized carbons (Fsp3) is 0.0968. The van der Waals surface area contributed by atoms with E-state index in [0.29, 0.717) is 27.8 Å². The minimum Gasteiger partial charge on any atom is -0.496 e. The summed E-state index contributed by atoms with van der Waals surface area (Å²) in [5, 5.41) is 7.51. The number of rotatable bonds is 9. The molecule has 0 saturated carbocycles. The molecule has 5 rings (SSSR count). The number of oxazole rings is 1. The van der Waals surface area contributed by atoms with Gasteiger partial charge in [-0.3, -0.25) is 9.59 Å². The van der Waals surface area contributed by atoms with Crippen molar-refractivity contribution in [2.45, 2.75) is 17.9 Å². The van der Waals surface area contributed by atoms with E-state index < -0.39 is 0 Å². The van der Waals surface area contributed by atoms with Crippen molar-refractivity contribution < 1.29 is 18.7 Å². The van der Waals surface area contributed by atoms with E-state index in [0.717, 1.165) is 33.5 Å². The first-order valence-corrected chi connectivity index (χ1v) is 13.4. The number of fused-ring (bicyclic) bond motifs is 1. The van der Waals surface area contributed by atoms with Gasteiger partial charge in [0, 0.05) is 28.1 Å². The number of hydrazone groups is 1. The zero-order valence-corrected chi connectivity index (χ0v) is 22.7. The maximum Gasteiger partial charge on any atom is 0.271 e. The van der Waals surface area contributed by atoms with Crippen LogP contribution in [0.15, 0.2) is 106 Å². The molecule has 1 heterocycles. The van der Waals surface area contributed by atoms with Gasteiger partial charge in [-0.05, 0) is 79.2 Å². The molecule has 0 atom stereocenters. The molecule has 0 bridgehead atoms. The summed E-state index contributed by atoms with van der Waals surface area (Å²) in [4.78, 5) is 29.5. The molecule has 0 fully saturated rings. The van der Waals surface area contributed by atoms with E-state index in [2.05, 4.69) is 20.8 Å². The van der Waals surface area contributed by atoms with Gasteiger partial charge in [0.15, 0.2) is 5.58 Å². The Hall–Kier alpha value is -4.89. The van der Waals surface area contributed by atoms with Crippen LogP contribution < -0.4 is 15.5 Å². The van der Waals surface area contributed by atoms with Crippen molar-refractivity contribution >= 4 is 46.6 Å². The molecular formula is C31H26N4O4S. The van der Waals surface area contributed by atoms with Gasteiger partial charge < -0.3 is 14.5 Å². The lowest BCUT2D eigenvalue weighted by atomic mass is 10.1. The molecule has 200 valence electrons. The standard InChI is InChI=1S/C31H26N4O4S/c1-20-7-10-22(11-8-20)29(36)33-25-14-12-23(13-15-25)30(37)35-32-18-21-9-16-27(38-2)24(17-21)19-40-31-34-26-5-3-4-6-28(26)39-31/h3-18H,19H2,1-2H3,(H,33,36)(H,35,37)/b32-18+. The Kier molecular flexibility index (Phi) is 8.22. The third-order valence-corrected chi connectivity index (χ3v) is 6.91. The second-order valence-electron chi connectivity index (χ2n) is 8.90. The Labute approximate surface area is 235 Å². The monoisotopic (exact) mass is 550 g/mol. The molecule has 0 radical (unpaired) electrons. The summed E-state index contributed by atoms with van der Waals surface area (Å²) in [7, 11) is 1.62. The molecule has 8 nitrogen and oxygen atoms in total. The second-order valence-corrected chi connectivity index (χ2v) is 9.83. The number of nitrogens with one attached hydrogen (secondary N) is 2. The molecule has 0 spiro atoms. The lowest BCUT2D eigenvalue weighted by molar-refractivity contribution is 0.0954. The summed E-state index contributed by atoms with van der Waals surface area (Å²) in [5.74, 6) is 0.733. The van der Waals surface area contributed by atoms with Crippen LogP contribution in [-0.2, 0) is 5.75 Å². The number of aromatic nitrogens is 1. The summed E-state index contributed by atoms with van der Waals surface area (Å²) in [6, 6.07) is 27.2. The molecule has 0 unspecified atom stereocenters. The number of hydrogen-bond donors (Lipinski definition) is 2. The number of amides is 2. The van der Waals surface area contributed by atoms with E-state index in [4.69, 9.17) is 9.15 Å². The van der Waals surface area contributed by atoms with Crippen molar-refractivity contribution in [3.63, 3.8) is 0 Å². The first-order valence-electron chi connectivity index (χ1n) is 12.5. The first kappa shape index (κ1) is 26.7. The van der Waals surface area contributed by atoms with Gasteiger partial charge >= 0.3 is 0 Å². The molecule has 0 aliphatic carbocycles. The number of ether oxygens (including phenoxy) is 1. The normalized spacial score (nSPS) is 11.1. The van der Waals surface area contributed by atoms with E-state index in [9.17, 15) is 9.59 Å². The van der Waals surface area contributed by atoms with Gasteiger partial charge in [0.05, 0.1) is 13.3 Å². The van der Waals surface area contributed by atoms with Gasteiger partial charge in [-0.15, -0.1) is 0 Å². The lowest BCUT2D eigenvalue weighted by Gasteiger charge is -2.08. The predicted octanol–water partition coefficient (Wildman–Crippen LogP) is 6.45. The number of carbonyl (C=O) groups excluding carboxylic acids is 2. The van der Waals surface area contributed by atoms with Crippen molar-refractivity contribution in [2.24, 2.45) is 5.10 Å². The third kappa shape index (κ3) is 6.57. The summed E-state index contributed by atoms with van der Waals surface area (Å²) < 4.78 is 11.3. The van der Waals surface area contributed by atoms with Gasteiger partial charge in [-0.1, -0.05) is 41.6 Å². The van der Waals surface area contributed by atoms with Gasteiger partial charge in [0.25, 0.3) is 17.0 Å². The zero-order chi connectivity index (χ0) is 27.9. The van der Waals surface area contributed by atoms with E-state index in [1.165, 1.54) is 11.8 Å². The predicted molar refractivity (Wildman–Crippen MR) is 157 cm³/mol. The average Bonchev–Trinajstić information content (AvgIpc) is 3.40. The highest BCUT2D eigenvalue weighted by molar-refractivity contribution is 7.98. The molecular weight excluding hydrogens is 524 g/mol. The highest BCUT2D eigenvalue weighted by atomic mass is 32.2. The maximum absolute atomic E-state index is 12.6. The van der Waals surface area contributed by atoms with Gasteiger partial charge in [-0.25, -0.2) is 10.4 Å². The van der Waals surface area contributed by atoms with Crippen LogP contribution >= 0.6 is 11.8 Å². The Morgan fingerprint density at radius 1 is 0.950 bits per heavy atom. The van der Waals surface area contributed by atoms with Crippen LogP contribution in [-0.4, -0.2) is 30.1 Å². The number of thioether (sulfide) groups is 1. The maximum atomic E-state index is 12.6. The van der Waals surface area contributed by atoms with Crippen molar-refractivity contribution in [3.05, 3.63) is 119 Å². The fourth-order valence-electron chi connectivity index (χ4n) is 3.89. The second kappa shape index (κ2) is 12.3. The molecule has 1 aromatic heterocycles. The Morgan fingerprint density at radius 3 is 2.42 bits per heavy atom. The number of carbonyl (C=O) groups is 2. The number of hydrogen-bond acceptors (Lipinski definition) is 7. The van der Waals surface area contributed by atoms with Crippen LogP contribution in [0.25, 0.3) is 11.1 Å². The molecule has 9 heteroatoms. The van der Waals surface area contributed by atoms with Crippen LogP contribution in [0.5, 0.6) is 5.75 Å². The smallest absolute Gasteiger partial charge is 0.271 e. The van der Waals surface area contributed by atoms with Gasteiger partial charge in [0.2, 0.25) is 0 Å². The zero-order valence-electron chi connectivity index (χ0n) is 21.9. The number of anilines is 1. The number of para-hydroxylation sites is 2. The van der Waals surface area contributed by atoms with Gasteiger partial charge in [0.1, 0.15) is 11.3 Å². The number of methoxy groups -OCH3 is 1. The van der Waals surface area contributed by atoms with E-state index >= 15 is 0 Å². The van der Waals surface area contributed by atoms with Crippen LogP contribution in [0, 0.1) is 6.92 Å². The van der Waals surface area contributed by atoms with Crippen molar-refractivity contribution in [3.8, 4) is 5.75 Å².